The van der Waals surface area contributed by atoms with Crippen LogP contribution in [-0.2, 0) is 25.0 Å². The van der Waals surface area contributed by atoms with Gasteiger partial charge in [0, 0.05) is 18.3 Å². The van der Waals surface area contributed by atoms with Gasteiger partial charge in [0.2, 0.25) is 0 Å². The number of halogens is 1. The van der Waals surface area contributed by atoms with E-state index in [9.17, 15) is 5.11 Å². The quantitative estimate of drug-likeness (QED) is 0.208. The molecular weight excluding hydrogens is 519 g/mol. The normalized spacial score (nSPS) is 13.2. The predicted molar refractivity (Wildman–Crippen MR) is 140 cm³/mol. The van der Waals surface area contributed by atoms with Crippen molar-refractivity contribution in [2.45, 2.75) is 38.8 Å². The summed E-state index contributed by atoms with van der Waals surface area (Å²) in [6.07, 6.45) is 1.94. The Balaban J connectivity index is 0.00000341. The largest absolute Gasteiger partial charge is 0.384 e. The molecule has 3 rings (SSSR count). The number of aliphatic imine (C=N–C) groups is 1. The highest BCUT2D eigenvalue weighted by Gasteiger charge is 2.22. The van der Waals surface area contributed by atoms with E-state index in [4.69, 9.17) is 4.98 Å². The summed E-state index contributed by atoms with van der Waals surface area (Å²) in [7, 11) is 0. The van der Waals surface area contributed by atoms with E-state index in [1.807, 2.05) is 43.3 Å². The van der Waals surface area contributed by atoms with Crippen molar-refractivity contribution in [1.29, 1.82) is 0 Å². The second-order valence-electron chi connectivity index (χ2n) is 7.41. The Morgan fingerprint density at radius 2 is 1.71 bits per heavy atom. The minimum Gasteiger partial charge on any atom is -0.384 e. The average Bonchev–Trinajstić information content (AvgIpc) is 3.23. The Bertz CT molecular complexity index is 929. The number of nitrogens with one attached hydrogen (secondary N) is 2. The molecule has 31 heavy (non-hydrogen) atoms. The molecule has 0 spiro atoms. The van der Waals surface area contributed by atoms with Crippen molar-refractivity contribution in [3.63, 3.8) is 0 Å². The van der Waals surface area contributed by atoms with Gasteiger partial charge in [0.25, 0.3) is 0 Å². The lowest BCUT2D eigenvalue weighted by Gasteiger charge is -2.25. The molecule has 5 nitrogen and oxygen atoms in total. The second-order valence-corrected chi connectivity index (χ2v) is 8.35. The van der Waals surface area contributed by atoms with Crippen LogP contribution in [0, 0.1) is 0 Å². The number of rotatable bonds is 9. The Labute approximate surface area is 206 Å². The highest BCUT2D eigenvalue weighted by Crippen LogP contribution is 2.19. The van der Waals surface area contributed by atoms with Crippen LogP contribution in [0.4, 0.5) is 0 Å². The first-order valence-electron chi connectivity index (χ1n) is 10.3. The number of aliphatic hydroxyl groups is 1. The molecule has 0 amide bonds. The molecule has 1 heterocycles. The van der Waals surface area contributed by atoms with Crippen LogP contribution in [0.2, 0.25) is 0 Å². The number of thiazole rings is 1. The molecule has 2 aromatic carbocycles. The van der Waals surface area contributed by atoms with Crippen molar-refractivity contribution >= 4 is 41.3 Å². The lowest BCUT2D eigenvalue weighted by atomic mass is 9.96. The first-order chi connectivity index (χ1) is 14.6. The van der Waals surface area contributed by atoms with Crippen LogP contribution in [0.15, 0.2) is 71.0 Å². The maximum absolute atomic E-state index is 10.8. The minimum absolute atomic E-state index is 0. The van der Waals surface area contributed by atoms with Gasteiger partial charge in [-0.05, 0) is 31.4 Å². The maximum Gasteiger partial charge on any atom is 0.191 e. The highest BCUT2D eigenvalue weighted by atomic mass is 127. The van der Waals surface area contributed by atoms with E-state index >= 15 is 0 Å². The van der Waals surface area contributed by atoms with E-state index < -0.39 is 5.60 Å². The third-order valence-electron chi connectivity index (χ3n) is 4.81. The van der Waals surface area contributed by atoms with E-state index in [1.54, 1.807) is 18.3 Å². The fourth-order valence-electron chi connectivity index (χ4n) is 3.09. The van der Waals surface area contributed by atoms with Crippen LogP contribution < -0.4 is 10.6 Å². The standard InChI is InChI=1S/C24H30N4OS.HI/c1-3-25-23(27-18-24(2,29)20-12-8-5-9-13-20)26-16-21-17-30-22(28-21)15-14-19-10-6-4-7-11-19;/h4-13,17,29H,3,14-16,18H2,1-2H3,(H2,25,26,27);1H. The number of hydrogen-bond acceptors (Lipinski definition) is 4. The molecule has 1 unspecified atom stereocenters. The van der Waals surface area contributed by atoms with E-state index in [2.05, 4.69) is 45.3 Å². The van der Waals surface area contributed by atoms with Gasteiger partial charge in [-0.2, -0.15) is 0 Å². The first kappa shape index (κ1) is 25.3. The summed E-state index contributed by atoms with van der Waals surface area (Å²) in [6, 6.07) is 20.1. The maximum atomic E-state index is 10.8. The zero-order valence-electron chi connectivity index (χ0n) is 18.0. The van der Waals surface area contributed by atoms with Crippen LogP contribution in [0.1, 0.15) is 35.7 Å². The molecule has 0 aliphatic heterocycles. The van der Waals surface area contributed by atoms with Gasteiger partial charge in [0.15, 0.2) is 5.96 Å². The molecule has 0 aliphatic rings. The van der Waals surface area contributed by atoms with Crippen LogP contribution in [-0.4, -0.2) is 29.1 Å². The van der Waals surface area contributed by atoms with Crippen molar-refractivity contribution < 1.29 is 5.11 Å². The zero-order chi connectivity index (χ0) is 21.2. The molecule has 7 heteroatoms. The van der Waals surface area contributed by atoms with Crippen molar-refractivity contribution in [3.05, 3.63) is 87.9 Å². The van der Waals surface area contributed by atoms with Crippen molar-refractivity contribution in [2.24, 2.45) is 4.99 Å². The number of guanidine groups is 1. The van der Waals surface area contributed by atoms with E-state index in [0.717, 1.165) is 35.7 Å². The molecule has 0 fully saturated rings. The zero-order valence-corrected chi connectivity index (χ0v) is 21.2. The van der Waals surface area contributed by atoms with Gasteiger partial charge in [-0.3, -0.25) is 0 Å². The van der Waals surface area contributed by atoms with Crippen molar-refractivity contribution in [3.8, 4) is 0 Å². The Morgan fingerprint density at radius 1 is 1.03 bits per heavy atom. The number of hydrogen-bond donors (Lipinski definition) is 3. The molecule has 0 radical (unpaired) electrons. The Hall–Kier alpha value is -1.97. The Kier molecular flexibility index (Phi) is 10.4. The number of aryl methyl sites for hydroxylation is 2. The van der Waals surface area contributed by atoms with Gasteiger partial charge in [0.05, 0.1) is 23.8 Å². The molecular formula is C24H31IN4OS. The predicted octanol–water partition coefficient (Wildman–Crippen LogP) is 4.51. The van der Waals surface area contributed by atoms with Gasteiger partial charge >= 0.3 is 0 Å². The summed E-state index contributed by atoms with van der Waals surface area (Å²) in [5.74, 6) is 0.674. The summed E-state index contributed by atoms with van der Waals surface area (Å²) in [5.41, 5.74) is 2.19. The van der Waals surface area contributed by atoms with Gasteiger partial charge in [-0.15, -0.1) is 35.3 Å². The smallest absolute Gasteiger partial charge is 0.191 e. The van der Waals surface area contributed by atoms with E-state index in [-0.39, 0.29) is 24.0 Å². The summed E-state index contributed by atoms with van der Waals surface area (Å²) < 4.78 is 0. The first-order valence-corrected chi connectivity index (χ1v) is 11.2. The molecule has 0 saturated carbocycles. The minimum atomic E-state index is -0.983. The average molecular weight is 551 g/mol. The molecule has 3 N–H and O–H groups in total. The molecule has 0 bridgehead atoms. The molecule has 0 aliphatic carbocycles. The van der Waals surface area contributed by atoms with Crippen molar-refractivity contribution in [2.75, 3.05) is 13.1 Å². The third kappa shape index (κ3) is 8.23. The summed E-state index contributed by atoms with van der Waals surface area (Å²) in [5, 5.41) is 20.5. The van der Waals surface area contributed by atoms with E-state index in [0.29, 0.717) is 19.0 Å². The monoisotopic (exact) mass is 550 g/mol. The third-order valence-corrected chi connectivity index (χ3v) is 5.77. The van der Waals surface area contributed by atoms with Crippen LogP contribution in [0.25, 0.3) is 0 Å². The van der Waals surface area contributed by atoms with Crippen LogP contribution >= 0.6 is 35.3 Å². The summed E-state index contributed by atoms with van der Waals surface area (Å²) >= 11 is 1.69. The van der Waals surface area contributed by atoms with Crippen LogP contribution in [0.5, 0.6) is 0 Å². The number of benzene rings is 2. The lowest BCUT2D eigenvalue weighted by Crippen LogP contribution is -2.44. The highest BCUT2D eigenvalue weighted by molar-refractivity contribution is 14.0. The second kappa shape index (κ2) is 12.8. The SMILES string of the molecule is CCNC(=NCc1csc(CCc2ccccc2)n1)NCC(C)(O)c1ccccc1.I. The molecule has 3 aromatic rings. The molecule has 0 saturated heterocycles. The lowest BCUT2D eigenvalue weighted by molar-refractivity contribution is 0.0617. The van der Waals surface area contributed by atoms with E-state index in [1.165, 1.54) is 5.56 Å². The number of nitrogens with zero attached hydrogens (tertiary/aromatic N) is 2. The van der Waals surface area contributed by atoms with Crippen molar-refractivity contribution in [1.82, 2.24) is 15.6 Å². The van der Waals surface area contributed by atoms with Gasteiger partial charge in [0.1, 0.15) is 5.60 Å². The molecule has 1 atom stereocenters. The fraction of sp³-hybridized carbons (Fsp3) is 0.333. The Morgan fingerprint density at radius 3 is 2.39 bits per heavy atom. The number of aromatic nitrogens is 1. The fourth-order valence-corrected chi connectivity index (χ4v) is 3.88. The topological polar surface area (TPSA) is 69.5 Å². The summed E-state index contributed by atoms with van der Waals surface area (Å²) in [6.45, 7) is 5.45. The van der Waals surface area contributed by atoms with Gasteiger partial charge in [-0.25, -0.2) is 9.98 Å². The van der Waals surface area contributed by atoms with Crippen LogP contribution in [0.3, 0.4) is 0 Å². The van der Waals surface area contributed by atoms with Gasteiger partial charge < -0.3 is 15.7 Å². The molecule has 166 valence electrons. The van der Waals surface area contributed by atoms with Gasteiger partial charge in [-0.1, -0.05) is 60.7 Å². The summed E-state index contributed by atoms with van der Waals surface area (Å²) in [4.78, 5) is 9.36. The molecule has 1 aromatic heterocycles.